The van der Waals surface area contributed by atoms with Crippen LogP contribution in [0.4, 0.5) is 5.69 Å². The van der Waals surface area contributed by atoms with E-state index in [1.165, 1.54) is 16.0 Å². The largest absolute Gasteiger partial charge is 0.368 e. The van der Waals surface area contributed by atoms with Crippen LogP contribution in [-0.2, 0) is 11.3 Å². The lowest BCUT2D eigenvalue weighted by atomic mass is 10.2. The molecule has 4 rings (SSSR count). The molecule has 0 aliphatic carbocycles. The summed E-state index contributed by atoms with van der Waals surface area (Å²) < 4.78 is 0. The summed E-state index contributed by atoms with van der Waals surface area (Å²) in [5.41, 5.74) is 3.22. The molecule has 0 N–H and O–H groups in total. The van der Waals surface area contributed by atoms with E-state index in [2.05, 4.69) is 51.5 Å². The normalized spacial score (nSPS) is 14.4. The molecule has 0 spiro atoms. The van der Waals surface area contributed by atoms with E-state index >= 15 is 0 Å². The number of hydrogen-bond donors (Lipinski definition) is 0. The Hall–Kier alpha value is -2.93. The molecule has 1 saturated heterocycles. The molecule has 1 fully saturated rings. The quantitative estimate of drug-likeness (QED) is 0.678. The maximum absolute atomic E-state index is 12.6. The Labute approximate surface area is 168 Å². The number of amides is 1. The van der Waals surface area contributed by atoms with Gasteiger partial charge in [-0.15, -0.1) is 10.2 Å². The van der Waals surface area contributed by atoms with Crippen LogP contribution in [0.25, 0.3) is 11.4 Å². The number of piperazine rings is 1. The lowest BCUT2D eigenvalue weighted by molar-refractivity contribution is -0.132. The Morgan fingerprint density at radius 3 is 2.61 bits per heavy atom. The van der Waals surface area contributed by atoms with Crippen LogP contribution in [0, 0.1) is 6.92 Å². The minimum atomic E-state index is -0.000985. The van der Waals surface area contributed by atoms with E-state index in [9.17, 15) is 4.79 Å². The van der Waals surface area contributed by atoms with Crippen LogP contribution in [0.3, 0.4) is 0 Å². The van der Waals surface area contributed by atoms with E-state index in [4.69, 9.17) is 11.6 Å². The van der Waals surface area contributed by atoms with Gasteiger partial charge in [0.1, 0.15) is 6.54 Å². The van der Waals surface area contributed by atoms with Crippen LogP contribution in [0.5, 0.6) is 0 Å². The van der Waals surface area contributed by atoms with Crippen molar-refractivity contribution >= 4 is 23.2 Å². The van der Waals surface area contributed by atoms with E-state index in [0.717, 1.165) is 18.7 Å². The highest BCUT2D eigenvalue weighted by atomic mass is 35.5. The standard InChI is InChI=1S/C20H21ClN6O/c1-15-4-2-7-18(12-15)25-8-10-26(11-9-25)19(28)14-27-23-20(22-24-27)16-5-3-6-17(21)13-16/h2-7,12-13H,8-11,14H2,1H3. The molecule has 0 saturated carbocycles. The van der Waals surface area contributed by atoms with Gasteiger partial charge in [0.2, 0.25) is 11.7 Å². The molecule has 144 valence electrons. The summed E-state index contributed by atoms with van der Waals surface area (Å²) >= 11 is 6.00. The predicted octanol–water partition coefficient (Wildman–Crippen LogP) is 2.65. The fraction of sp³-hybridized carbons (Fsp3) is 0.300. The van der Waals surface area contributed by atoms with E-state index < -0.39 is 0 Å². The molecule has 8 heteroatoms. The van der Waals surface area contributed by atoms with Crippen molar-refractivity contribution in [1.82, 2.24) is 25.1 Å². The lowest BCUT2D eigenvalue weighted by Crippen LogP contribution is -2.49. The molecule has 0 unspecified atom stereocenters. The minimum absolute atomic E-state index is 0.000985. The summed E-state index contributed by atoms with van der Waals surface area (Å²) in [6, 6.07) is 15.7. The summed E-state index contributed by atoms with van der Waals surface area (Å²) in [5.74, 6) is 0.457. The average Bonchev–Trinajstić information content (AvgIpc) is 3.17. The van der Waals surface area contributed by atoms with Crippen molar-refractivity contribution in [1.29, 1.82) is 0 Å². The third kappa shape index (κ3) is 4.14. The predicted molar refractivity (Wildman–Crippen MR) is 108 cm³/mol. The van der Waals surface area contributed by atoms with Crippen LogP contribution in [-0.4, -0.2) is 57.2 Å². The number of aromatic nitrogens is 4. The SMILES string of the molecule is Cc1cccc(N2CCN(C(=O)Cn3nnc(-c4cccc(Cl)c4)n3)CC2)c1. The van der Waals surface area contributed by atoms with Gasteiger partial charge >= 0.3 is 0 Å². The number of rotatable bonds is 4. The zero-order valence-corrected chi connectivity index (χ0v) is 16.4. The molecule has 0 bridgehead atoms. The fourth-order valence-corrected chi connectivity index (χ4v) is 3.50. The third-order valence-corrected chi connectivity index (χ3v) is 5.05. The first-order chi connectivity index (χ1) is 13.6. The van der Waals surface area contributed by atoms with Gasteiger partial charge in [0, 0.05) is 42.5 Å². The molecule has 7 nitrogen and oxygen atoms in total. The van der Waals surface area contributed by atoms with Crippen LogP contribution in [0.2, 0.25) is 5.02 Å². The molecule has 1 aromatic heterocycles. The fourth-order valence-electron chi connectivity index (χ4n) is 3.31. The van der Waals surface area contributed by atoms with Crippen LogP contribution in [0.1, 0.15) is 5.56 Å². The molecule has 28 heavy (non-hydrogen) atoms. The number of carbonyl (C=O) groups excluding carboxylic acids is 1. The second kappa shape index (κ2) is 7.98. The van der Waals surface area contributed by atoms with Gasteiger partial charge in [0.05, 0.1) is 0 Å². The zero-order chi connectivity index (χ0) is 19.5. The highest BCUT2D eigenvalue weighted by Crippen LogP contribution is 2.19. The van der Waals surface area contributed by atoms with Crippen molar-refractivity contribution in [3.8, 4) is 11.4 Å². The second-order valence-electron chi connectivity index (χ2n) is 6.86. The number of hydrogen-bond acceptors (Lipinski definition) is 5. The van der Waals surface area contributed by atoms with Gasteiger partial charge < -0.3 is 9.80 Å². The van der Waals surface area contributed by atoms with Gasteiger partial charge in [-0.3, -0.25) is 4.79 Å². The maximum atomic E-state index is 12.6. The van der Waals surface area contributed by atoms with E-state index in [-0.39, 0.29) is 12.5 Å². The number of nitrogens with zero attached hydrogens (tertiary/aromatic N) is 6. The first-order valence-electron chi connectivity index (χ1n) is 9.21. The van der Waals surface area contributed by atoms with Crippen molar-refractivity contribution in [2.45, 2.75) is 13.5 Å². The van der Waals surface area contributed by atoms with E-state index in [1.54, 1.807) is 12.1 Å². The molecule has 0 radical (unpaired) electrons. The number of benzene rings is 2. The summed E-state index contributed by atoms with van der Waals surface area (Å²) in [5, 5.41) is 12.9. The number of carbonyl (C=O) groups is 1. The molecular formula is C20H21ClN6O. The van der Waals surface area contributed by atoms with Gasteiger partial charge in [0.25, 0.3) is 0 Å². The van der Waals surface area contributed by atoms with Crippen molar-refractivity contribution < 1.29 is 4.79 Å². The van der Waals surface area contributed by atoms with E-state index in [0.29, 0.717) is 23.9 Å². The molecule has 0 atom stereocenters. The van der Waals surface area contributed by atoms with Crippen molar-refractivity contribution in [2.75, 3.05) is 31.1 Å². The summed E-state index contributed by atoms with van der Waals surface area (Å²) in [6.07, 6.45) is 0. The van der Waals surface area contributed by atoms with E-state index in [1.807, 2.05) is 17.0 Å². The summed E-state index contributed by atoms with van der Waals surface area (Å²) in [7, 11) is 0. The smallest absolute Gasteiger partial charge is 0.246 e. The van der Waals surface area contributed by atoms with Gasteiger partial charge in [-0.25, -0.2) is 0 Å². The highest BCUT2D eigenvalue weighted by Gasteiger charge is 2.22. The van der Waals surface area contributed by atoms with Gasteiger partial charge in [-0.2, -0.15) is 4.80 Å². The molecule has 1 aliphatic rings. The Balaban J connectivity index is 1.35. The number of tetrazole rings is 1. The number of halogens is 1. The van der Waals surface area contributed by atoms with Gasteiger partial charge in [0.15, 0.2) is 0 Å². The molecule has 2 heterocycles. The van der Waals surface area contributed by atoms with Crippen LogP contribution in [0.15, 0.2) is 48.5 Å². The van der Waals surface area contributed by atoms with Crippen molar-refractivity contribution in [2.24, 2.45) is 0 Å². The Morgan fingerprint density at radius 2 is 1.86 bits per heavy atom. The summed E-state index contributed by atoms with van der Waals surface area (Å²) in [4.78, 5) is 18.1. The second-order valence-corrected chi connectivity index (χ2v) is 7.30. The third-order valence-electron chi connectivity index (χ3n) is 4.81. The number of anilines is 1. The molecule has 3 aromatic rings. The molecular weight excluding hydrogens is 376 g/mol. The zero-order valence-electron chi connectivity index (χ0n) is 15.6. The van der Waals surface area contributed by atoms with Gasteiger partial charge in [-0.1, -0.05) is 35.9 Å². The monoisotopic (exact) mass is 396 g/mol. The lowest BCUT2D eigenvalue weighted by Gasteiger charge is -2.36. The maximum Gasteiger partial charge on any atom is 0.246 e. The first-order valence-corrected chi connectivity index (χ1v) is 9.59. The topological polar surface area (TPSA) is 67.2 Å². The summed E-state index contributed by atoms with van der Waals surface area (Å²) in [6.45, 7) is 5.16. The highest BCUT2D eigenvalue weighted by molar-refractivity contribution is 6.30. The van der Waals surface area contributed by atoms with Crippen LogP contribution < -0.4 is 4.90 Å². The minimum Gasteiger partial charge on any atom is -0.368 e. The first kappa shape index (κ1) is 18.4. The Kier molecular flexibility index (Phi) is 5.25. The van der Waals surface area contributed by atoms with Crippen LogP contribution >= 0.6 is 11.6 Å². The molecule has 2 aromatic carbocycles. The van der Waals surface area contributed by atoms with Crippen molar-refractivity contribution in [3.63, 3.8) is 0 Å². The molecule has 1 aliphatic heterocycles. The molecule has 1 amide bonds. The Morgan fingerprint density at radius 1 is 1.07 bits per heavy atom. The number of aryl methyl sites for hydroxylation is 1. The van der Waals surface area contributed by atoms with Gasteiger partial charge in [-0.05, 0) is 42.0 Å². The average molecular weight is 397 g/mol. The van der Waals surface area contributed by atoms with Crippen molar-refractivity contribution in [3.05, 3.63) is 59.1 Å². The Bertz CT molecular complexity index is 980.